The Morgan fingerprint density at radius 3 is 2.84 bits per heavy atom. The number of rotatable bonds is 3. The van der Waals surface area contributed by atoms with Crippen LogP contribution in [0.5, 0.6) is 0 Å². The molecule has 0 N–H and O–H groups in total. The van der Waals surface area contributed by atoms with Crippen LogP contribution in [0.2, 0.25) is 0 Å². The van der Waals surface area contributed by atoms with Gasteiger partial charge in [-0.25, -0.2) is 0 Å². The smallest absolute Gasteiger partial charge is 0.0643 e. The molecule has 1 fully saturated rings. The molecule has 1 atom stereocenters. The van der Waals surface area contributed by atoms with E-state index in [0.717, 1.165) is 32.5 Å². The monoisotopic (exact) mass is 257 g/mol. The molecule has 0 amide bonds. The maximum atomic E-state index is 9.09. The van der Waals surface area contributed by atoms with E-state index in [2.05, 4.69) is 54.1 Å². The molecule has 0 radical (unpaired) electrons. The highest BCUT2D eigenvalue weighted by Crippen LogP contribution is 2.26. The Labute approximate surface area is 116 Å². The molecule has 1 aliphatic rings. The summed E-state index contributed by atoms with van der Waals surface area (Å²) < 4.78 is 0. The molecule has 0 aromatic heterocycles. The summed E-state index contributed by atoms with van der Waals surface area (Å²) in [6.45, 7) is 5.34. The summed E-state index contributed by atoms with van der Waals surface area (Å²) in [4.78, 5) is 4.79. The Morgan fingerprint density at radius 1 is 1.32 bits per heavy atom. The minimum atomic E-state index is 0.310. The first kappa shape index (κ1) is 13.9. The van der Waals surface area contributed by atoms with Crippen molar-refractivity contribution in [3.63, 3.8) is 0 Å². The molecule has 0 spiro atoms. The third kappa shape index (κ3) is 3.27. The highest BCUT2D eigenvalue weighted by molar-refractivity contribution is 5.55. The standard InChI is InChI=1S/C16H23N3/c1-3-14-7-4-5-8-16(14)19-12-6-11-18(2)13-15(19)9-10-17/h4-5,7-8,15H,3,6,9,11-13H2,1-2H3. The van der Waals surface area contributed by atoms with Gasteiger partial charge in [0, 0.05) is 18.8 Å². The molecule has 0 saturated carbocycles. The second-order valence-electron chi connectivity index (χ2n) is 5.31. The van der Waals surface area contributed by atoms with Crippen LogP contribution in [0.3, 0.4) is 0 Å². The number of nitrogens with zero attached hydrogens (tertiary/aromatic N) is 3. The molecule has 1 saturated heterocycles. The lowest BCUT2D eigenvalue weighted by atomic mass is 10.1. The molecule has 1 aromatic rings. The second kappa shape index (κ2) is 6.58. The average molecular weight is 257 g/mol. The maximum Gasteiger partial charge on any atom is 0.0643 e. The van der Waals surface area contributed by atoms with Gasteiger partial charge in [-0.15, -0.1) is 0 Å². The lowest BCUT2D eigenvalue weighted by molar-refractivity contribution is 0.332. The van der Waals surface area contributed by atoms with E-state index >= 15 is 0 Å². The predicted octanol–water partition coefficient (Wildman–Crippen LogP) is 2.67. The van der Waals surface area contributed by atoms with E-state index in [1.807, 2.05) is 0 Å². The molecule has 0 aliphatic carbocycles. The Bertz CT molecular complexity index is 450. The van der Waals surface area contributed by atoms with Gasteiger partial charge in [0.15, 0.2) is 0 Å². The number of hydrogen-bond acceptors (Lipinski definition) is 3. The van der Waals surface area contributed by atoms with Gasteiger partial charge in [0.25, 0.3) is 0 Å². The van der Waals surface area contributed by atoms with Crippen LogP contribution in [-0.2, 0) is 6.42 Å². The molecule has 3 heteroatoms. The molecule has 102 valence electrons. The number of likely N-dealkylation sites (N-methyl/N-ethyl adjacent to an activating group) is 1. The van der Waals surface area contributed by atoms with Crippen molar-refractivity contribution in [1.82, 2.24) is 4.90 Å². The van der Waals surface area contributed by atoms with Crippen LogP contribution >= 0.6 is 0 Å². The summed E-state index contributed by atoms with van der Waals surface area (Å²) in [5, 5.41) is 9.09. The van der Waals surface area contributed by atoms with Crippen molar-refractivity contribution in [2.45, 2.75) is 32.2 Å². The summed E-state index contributed by atoms with van der Waals surface area (Å²) in [6.07, 6.45) is 2.81. The summed E-state index contributed by atoms with van der Waals surface area (Å²) in [6, 6.07) is 11.3. The zero-order valence-electron chi connectivity index (χ0n) is 12.0. The molecule has 1 unspecified atom stereocenters. The number of nitriles is 1. The molecule has 1 aromatic carbocycles. The van der Waals surface area contributed by atoms with Crippen molar-refractivity contribution in [2.75, 3.05) is 31.6 Å². The van der Waals surface area contributed by atoms with E-state index in [1.54, 1.807) is 0 Å². The van der Waals surface area contributed by atoms with Gasteiger partial charge in [-0.2, -0.15) is 5.26 Å². The summed E-state index contributed by atoms with van der Waals surface area (Å²) in [7, 11) is 2.15. The minimum Gasteiger partial charge on any atom is -0.366 e. The minimum absolute atomic E-state index is 0.310. The number of aryl methyl sites for hydroxylation is 1. The van der Waals surface area contributed by atoms with Crippen LogP contribution in [0.15, 0.2) is 24.3 Å². The molecule has 2 rings (SSSR count). The lowest BCUT2D eigenvalue weighted by Crippen LogP contribution is -2.40. The highest BCUT2D eigenvalue weighted by atomic mass is 15.2. The van der Waals surface area contributed by atoms with E-state index in [-0.39, 0.29) is 0 Å². The zero-order valence-corrected chi connectivity index (χ0v) is 12.0. The first-order chi connectivity index (χ1) is 9.26. The topological polar surface area (TPSA) is 30.3 Å². The summed E-state index contributed by atoms with van der Waals surface area (Å²) >= 11 is 0. The van der Waals surface area contributed by atoms with E-state index in [1.165, 1.54) is 11.3 Å². The Hall–Kier alpha value is -1.53. The van der Waals surface area contributed by atoms with Crippen molar-refractivity contribution < 1.29 is 0 Å². The lowest BCUT2D eigenvalue weighted by Gasteiger charge is -2.33. The van der Waals surface area contributed by atoms with E-state index in [9.17, 15) is 0 Å². The van der Waals surface area contributed by atoms with Gasteiger partial charge in [0.2, 0.25) is 0 Å². The number of para-hydroxylation sites is 1. The Kier molecular flexibility index (Phi) is 4.81. The zero-order chi connectivity index (χ0) is 13.7. The van der Waals surface area contributed by atoms with Crippen molar-refractivity contribution in [3.05, 3.63) is 29.8 Å². The quantitative estimate of drug-likeness (QED) is 0.834. The van der Waals surface area contributed by atoms with Crippen molar-refractivity contribution in [3.8, 4) is 6.07 Å². The summed E-state index contributed by atoms with van der Waals surface area (Å²) in [5.41, 5.74) is 2.70. The van der Waals surface area contributed by atoms with Crippen LogP contribution in [0, 0.1) is 11.3 Å². The SMILES string of the molecule is CCc1ccccc1N1CCCN(C)CC1CC#N. The van der Waals surface area contributed by atoms with Crippen LogP contribution in [0.25, 0.3) is 0 Å². The fraction of sp³-hybridized carbons (Fsp3) is 0.562. The average Bonchev–Trinajstić information content (AvgIpc) is 2.60. The first-order valence-electron chi connectivity index (χ1n) is 7.16. The Morgan fingerprint density at radius 2 is 2.11 bits per heavy atom. The molecule has 3 nitrogen and oxygen atoms in total. The molecule has 0 bridgehead atoms. The van der Waals surface area contributed by atoms with Crippen molar-refractivity contribution in [2.24, 2.45) is 0 Å². The van der Waals surface area contributed by atoms with Crippen molar-refractivity contribution in [1.29, 1.82) is 5.26 Å². The fourth-order valence-electron chi connectivity index (χ4n) is 2.93. The van der Waals surface area contributed by atoms with Crippen LogP contribution in [0.1, 0.15) is 25.3 Å². The predicted molar refractivity (Wildman–Crippen MR) is 79.3 cm³/mol. The Balaban J connectivity index is 2.30. The number of hydrogen-bond donors (Lipinski definition) is 0. The highest BCUT2D eigenvalue weighted by Gasteiger charge is 2.24. The van der Waals surface area contributed by atoms with E-state index in [4.69, 9.17) is 5.26 Å². The molecule has 1 aliphatic heterocycles. The third-order valence-corrected chi connectivity index (χ3v) is 3.91. The van der Waals surface area contributed by atoms with Gasteiger partial charge in [-0.3, -0.25) is 0 Å². The van der Waals surface area contributed by atoms with Crippen LogP contribution in [-0.4, -0.2) is 37.6 Å². The van der Waals surface area contributed by atoms with Gasteiger partial charge >= 0.3 is 0 Å². The maximum absolute atomic E-state index is 9.09. The normalized spacial score (nSPS) is 20.9. The number of benzene rings is 1. The second-order valence-corrected chi connectivity index (χ2v) is 5.31. The number of anilines is 1. The summed E-state index contributed by atoms with van der Waals surface area (Å²) in [5.74, 6) is 0. The fourth-order valence-corrected chi connectivity index (χ4v) is 2.93. The van der Waals surface area contributed by atoms with Gasteiger partial charge in [-0.1, -0.05) is 25.1 Å². The third-order valence-electron chi connectivity index (χ3n) is 3.91. The first-order valence-corrected chi connectivity index (χ1v) is 7.16. The van der Waals surface area contributed by atoms with Crippen molar-refractivity contribution >= 4 is 5.69 Å². The van der Waals surface area contributed by atoms with Gasteiger partial charge in [0.1, 0.15) is 0 Å². The van der Waals surface area contributed by atoms with Crippen LogP contribution < -0.4 is 4.90 Å². The van der Waals surface area contributed by atoms with E-state index in [0.29, 0.717) is 12.5 Å². The molecular formula is C16H23N3. The van der Waals surface area contributed by atoms with Gasteiger partial charge in [0.05, 0.1) is 18.5 Å². The van der Waals surface area contributed by atoms with Crippen LogP contribution in [0.4, 0.5) is 5.69 Å². The van der Waals surface area contributed by atoms with E-state index < -0.39 is 0 Å². The molecular weight excluding hydrogens is 234 g/mol. The largest absolute Gasteiger partial charge is 0.366 e. The van der Waals surface area contributed by atoms with Gasteiger partial charge < -0.3 is 9.80 Å². The molecule has 19 heavy (non-hydrogen) atoms. The molecule has 1 heterocycles. The van der Waals surface area contributed by atoms with Gasteiger partial charge in [-0.05, 0) is 38.1 Å².